The summed E-state index contributed by atoms with van der Waals surface area (Å²) < 4.78 is 1.42. The number of H-pyrrole nitrogens is 1. The number of hydrogen-bond donors (Lipinski definition) is 1. The van der Waals surface area contributed by atoms with E-state index >= 15 is 0 Å². The van der Waals surface area contributed by atoms with E-state index in [0.29, 0.717) is 10.9 Å². The molecule has 1 atom stereocenters. The lowest BCUT2D eigenvalue weighted by Crippen LogP contribution is -2.34. The fourth-order valence-corrected chi connectivity index (χ4v) is 4.01. The Kier molecular flexibility index (Phi) is 3.60. The molecule has 0 saturated carbocycles. The number of nitrogens with zero attached hydrogens (tertiary/aromatic N) is 5. The molecule has 1 N–H and O–H groups in total. The molecule has 7 nitrogen and oxygen atoms in total. The van der Waals surface area contributed by atoms with E-state index < -0.39 is 0 Å². The summed E-state index contributed by atoms with van der Waals surface area (Å²) in [5.41, 5.74) is 1.88. The maximum absolute atomic E-state index is 12.1. The van der Waals surface area contributed by atoms with E-state index in [1.165, 1.54) is 21.5 Å². The van der Waals surface area contributed by atoms with Crippen molar-refractivity contribution in [1.82, 2.24) is 24.8 Å². The van der Waals surface area contributed by atoms with Crippen LogP contribution in [0, 0.1) is 0 Å². The van der Waals surface area contributed by atoms with Crippen molar-refractivity contribution in [3.8, 4) is 0 Å². The summed E-state index contributed by atoms with van der Waals surface area (Å²) in [6, 6.07) is 3.60. The van der Waals surface area contributed by atoms with Crippen molar-refractivity contribution < 1.29 is 0 Å². The lowest BCUT2D eigenvalue weighted by Gasteiger charge is -2.31. The molecular formula is C15H18N6OS. The van der Waals surface area contributed by atoms with Crippen molar-refractivity contribution in [2.24, 2.45) is 0 Å². The van der Waals surface area contributed by atoms with E-state index in [4.69, 9.17) is 0 Å². The van der Waals surface area contributed by atoms with Gasteiger partial charge in [-0.2, -0.15) is 9.61 Å². The zero-order chi connectivity index (χ0) is 15.8. The van der Waals surface area contributed by atoms with Gasteiger partial charge in [-0.3, -0.25) is 9.89 Å². The fourth-order valence-electron chi connectivity index (χ4n) is 3.05. The topological polar surface area (TPSA) is 79.2 Å². The third-order valence-corrected chi connectivity index (χ3v) is 5.27. The summed E-state index contributed by atoms with van der Waals surface area (Å²) in [4.78, 5) is 19.6. The van der Waals surface area contributed by atoms with Gasteiger partial charge in [0.2, 0.25) is 10.1 Å². The first kappa shape index (κ1) is 14.4. The summed E-state index contributed by atoms with van der Waals surface area (Å²) >= 11 is 1.49. The number of aryl methyl sites for hydroxylation is 1. The minimum Gasteiger partial charge on any atom is -0.346 e. The van der Waals surface area contributed by atoms with Crippen LogP contribution in [-0.2, 0) is 6.42 Å². The maximum Gasteiger partial charge on any atom is 0.275 e. The van der Waals surface area contributed by atoms with E-state index in [1.807, 2.05) is 13.0 Å². The van der Waals surface area contributed by atoms with Crippen LogP contribution in [0.25, 0.3) is 4.96 Å². The molecule has 1 aliphatic heterocycles. The van der Waals surface area contributed by atoms with Gasteiger partial charge in [0.05, 0.1) is 0 Å². The molecular weight excluding hydrogens is 312 g/mol. The molecule has 0 bridgehead atoms. The molecule has 0 spiro atoms. The number of piperidine rings is 1. The highest BCUT2D eigenvalue weighted by Gasteiger charge is 2.25. The molecule has 120 valence electrons. The maximum atomic E-state index is 12.1. The molecule has 0 aromatic carbocycles. The van der Waals surface area contributed by atoms with Crippen LogP contribution in [0.15, 0.2) is 23.1 Å². The Bertz CT molecular complexity index is 868. The number of hydrogen-bond acceptors (Lipinski definition) is 6. The highest BCUT2D eigenvalue weighted by Crippen LogP contribution is 2.30. The fraction of sp³-hybridized carbons (Fsp3) is 0.467. The molecule has 4 heterocycles. The van der Waals surface area contributed by atoms with Crippen LogP contribution < -0.4 is 10.5 Å². The van der Waals surface area contributed by atoms with Crippen LogP contribution in [0.1, 0.15) is 37.1 Å². The standard InChI is InChI=1S/C15H18N6OS/c1-2-11-8-13(22)21-14(17-11)23-15(19-21)20-7-3-4-10(9-20)12-5-6-16-18-12/h5-6,8,10H,2-4,7,9H2,1H3,(H,16,18)/t10-/m1/s1. The largest absolute Gasteiger partial charge is 0.346 e. The molecule has 0 aliphatic carbocycles. The van der Waals surface area contributed by atoms with Gasteiger partial charge >= 0.3 is 0 Å². The number of fused-ring (bicyclic) bond motifs is 1. The predicted molar refractivity (Wildman–Crippen MR) is 89.3 cm³/mol. The van der Waals surface area contributed by atoms with Crippen molar-refractivity contribution in [1.29, 1.82) is 0 Å². The highest BCUT2D eigenvalue weighted by molar-refractivity contribution is 7.20. The van der Waals surface area contributed by atoms with Gasteiger partial charge in [0, 0.05) is 42.7 Å². The van der Waals surface area contributed by atoms with Gasteiger partial charge in [0.25, 0.3) is 5.56 Å². The second kappa shape index (κ2) is 5.77. The second-order valence-corrected chi connectivity index (χ2v) is 6.75. The quantitative estimate of drug-likeness (QED) is 0.792. The van der Waals surface area contributed by atoms with Gasteiger partial charge in [-0.05, 0) is 25.3 Å². The zero-order valence-corrected chi connectivity index (χ0v) is 13.7. The van der Waals surface area contributed by atoms with Crippen molar-refractivity contribution in [3.63, 3.8) is 0 Å². The van der Waals surface area contributed by atoms with Crippen molar-refractivity contribution in [2.75, 3.05) is 18.0 Å². The summed E-state index contributed by atoms with van der Waals surface area (Å²) in [6.07, 6.45) is 4.79. The Balaban J connectivity index is 1.66. The number of anilines is 1. The Hall–Kier alpha value is -2.22. The Labute approximate surface area is 137 Å². The number of nitrogens with one attached hydrogen (secondary N) is 1. The molecule has 3 aromatic heterocycles. The Morgan fingerprint density at radius 1 is 1.48 bits per heavy atom. The summed E-state index contributed by atoms with van der Waals surface area (Å²) in [5.74, 6) is 0.425. The smallest absolute Gasteiger partial charge is 0.275 e. The summed E-state index contributed by atoms with van der Waals surface area (Å²) in [7, 11) is 0. The van der Waals surface area contributed by atoms with Gasteiger partial charge in [-0.25, -0.2) is 4.98 Å². The lowest BCUT2D eigenvalue weighted by atomic mass is 9.95. The lowest BCUT2D eigenvalue weighted by molar-refractivity contribution is 0.499. The van der Waals surface area contributed by atoms with Crippen molar-refractivity contribution in [2.45, 2.75) is 32.1 Å². The average molecular weight is 330 g/mol. The SMILES string of the molecule is CCc1cc(=O)n2nc(N3CCC[C@@H](c4ccn[nH]4)C3)sc2n1. The molecule has 0 amide bonds. The van der Waals surface area contributed by atoms with Crippen LogP contribution in [0.2, 0.25) is 0 Å². The van der Waals surface area contributed by atoms with Gasteiger partial charge in [-0.15, -0.1) is 5.10 Å². The first-order valence-corrected chi connectivity index (χ1v) is 8.70. The second-order valence-electron chi connectivity index (χ2n) is 5.82. The van der Waals surface area contributed by atoms with Gasteiger partial charge < -0.3 is 4.90 Å². The molecule has 1 aliphatic rings. The van der Waals surface area contributed by atoms with Crippen LogP contribution in [-0.4, -0.2) is 37.9 Å². The monoisotopic (exact) mass is 330 g/mol. The normalized spacial score (nSPS) is 18.7. The minimum absolute atomic E-state index is 0.100. The number of aromatic nitrogens is 5. The van der Waals surface area contributed by atoms with Gasteiger partial charge in [0.15, 0.2) is 0 Å². The molecule has 1 saturated heterocycles. The Morgan fingerprint density at radius 3 is 3.17 bits per heavy atom. The third-order valence-electron chi connectivity index (χ3n) is 4.30. The minimum atomic E-state index is -0.100. The van der Waals surface area contributed by atoms with Gasteiger partial charge in [0.1, 0.15) is 0 Å². The van der Waals surface area contributed by atoms with Crippen molar-refractivity contribution >= 4 is 21.4 Å². The summed E-state index contributed by atoms with van der Waals surface area (Å²) in [6.45, 7) is 3.84. The average Bonchev–Trinajstić information content (AvgIpc) is 3.24. The number of aromatic amines is 1. The molecule has 8 heteroatoms. The van der Waals surface area contributed by atoms with E-state index in [0.717, 1.165) is 43.2 Å². The third kappa shape index (κ3) is 2.63. The van der Waals surface area contributed by atoms with Crippen LogP contribution in [0.4, 0.5) is 5.13 Å². The van der Waals surface area contributed by atoms with Crippen LogP contribution >= 0.6 is 11.3 Å². The Morgan fingerprint density at radius 2 is 2.39 bits per heavy atom. The molecule has 23 heavy (non-hydrogen) atoms. The highest BCUT2D eigenvalue weighted by atomic mass is 32.1. The van der Waals surface area contributed by atoms with E-state index in [9.17, 15) is 4.79 Å². The van der Waals surface area contributed by atoms with Gasteiger partial charge in [-0.1, -0.05) is 18.3 Å². The summed E-state index contributed by atoms with van der Waals surface area (Å²) in [5, 5.41) is 12.5. The first-order chi connectivity index (χ1) is 11.2. The first-order valence-electron chi connectivity index (χ1n) is 7.88. The number of rotatable bonds is 3. The van der Waals surface area contributed by atoms with E-state index in [-0.39, 0.29) is 5.56 Å². The van der Waals surface area contributed by atoms with E-state index in [2.05, 4.69) is 25.2 Å². The zero-order valence-electron chi connectivity index (χ0n) is 12.9. The van der Waals surface area contributed by atoms with Crippen LogP contribution in [0.5, 0.6) is 0 Å². The molecule has 4 rings (SSSR count). The predicted octanol–water partition coefficient (Wildman–Crippen LogP) is 1.82. The molecule has 0 radical (unpaired) electrons. The molecule has 1 fully saturated rings. The van der Waals surface area contributed by atoms with Crippen LogP contribution in [0.3, 0.4) is 0 Å². The van der Waals surface area contributed by atoms with E-state index in [1.54, 1.807) is 12.3 Å². The van der Waals surface area contributed by atoms with Crippen molar-refractivity contribution in [3.05, 3.63) is 40.1 Å². The molecule has 0 unspecified atom stereocenters. The molecule has 3 aromatic rings.